The third-order valence-electron chi connectivity index (χ3n) is 8.40. The number of nitrogens with zero attached hydrogens (tertiary/aromatic N) is 1. The number of carbonyl (C=O) groups excluding carboxylic acids is 1. The van der Waals surface area contributed by atoms with Gasteiger partial charge in [-0.3, -0.25) is 4.79 Å². The third-order valence-corrected chi connectivity index (χ3v) is 10.4. The van der Waals surface area contributed by atoms with Gasteiger partial charge in [0, 0.05) is 17.3 Å². The highest BCUT2D eigenvalue weighted by Crippen LogP contribution is 2.36. The highest BCUT2D eigenvalue weighted by molar-refractivity contribution is 7.89. The van der Waals surface area contributed by atoms with Gasteiger partial charge in [-0.15, -0.1) is 0 Å². The molecule has 234 valence electrons. The second-order valence-electron chi connectivity index (χ2n) is 11.9. The van der Waals surface area contributed by atoms with Crippen molar-refractivity contribution in [3.63, 3.8) is 0 Å². The highest BCUT2D eigenvalue weighted by atomic mass is 32.2. The zero-order valence-electron chi connectivity index (χ0n) is 25.7. The average Bonchev–Trinajstić information content (AvgIpc) is 3.37. The van der Waals surface area contributed by atoms with E-state index in [0.717, 1.165) is 28.1 Å². The number of ketones is 1. The quantitative estimate of drug-likeness (QED) is 0.163. The van der Waals surface area contributed by atoms with Gasteiger partial charge in [0.1, 0.15) is 11.5 Å². The van der Waals surface area contributed by atoms with E-state index in [0.29, 0.717) is 16.5 Å². The first-order valence-electron chi connectivity index (χ1n) is 14.4. The minimum atomic E-state index is -4.70. The predicted octanol–water partition coefficient (Wildman–Crippen LogP) is 8.99. The molecule has 9 heteroatoms. The lowest BCUT2D eigenvalue weighted by molar-refractivity contribution is -0.153. The van der Waals surface area contributed by atoms with Gasteiger partial charge in [0.25, 0.3) is 0 Å². The van der Waals surface area contributed by atoms with E-state index in [2.05, 4.69) is 0 Å². The topological polar surface area (TPSA) is 67.6 Å². The Hall–Kier alpha value is -4.21. The normalized spacial score (nSPS) is 12.6. The molecule has 0 N–H and O–H groups in total. The molecule has 45 heavy (non-hydrogen) atoms. The van der Waals surface area contributed by atoms with Crippen LogP contribution in [0.3, 0.4) is 0 Å². The number of halogens is 3. The summed E-state index contributed by atoms with van der Waals surface area (Å²) in [5.41, 5.74) is 3.37. The van der Waals surface area contributed by atoms with Crippen LogP contribution in [0.1, 0.15) is 54.5 Å². The van der Waals surface area contributed by atoms with Crippen molar-refractivity contribution in [2.45, 2.75) is 64.2 Å². The predicted molar refractivity (Wildman–Crippen MR) is 169 cm³/mol. The van der Waals surface area contributed by atoms with Crippen LogP contribution in [0.4, 0.5) is 13.2 Å². The van der Waals surface area contributed by atoms with Gasteiger partial charge in [-0.1, -0.05) is 84.9 Å². The van der Waals surface area contributed by atoms with E-state index in [1.165, 1.54) is 11.2 Å². The van der Waals surface area contributed by atoms with E-state index < -0.39 is 33.9 Å². The molecule has 0 amide bonds. The summed E-state index contributed by atoms with van der Waals surface area (Å²) in [6.45, 7) is 7.99. The van der Waals surface area contributed by atoms with Gasteiger partial charge in [-0.2, -0.15) is 17.5 Å². The number of carbonyl (C=O) groups is 1. The molecule has 5 aromatic rings. The zero-order valence-corrected chi connectivity index (χ0v) is 26.5. The maximum Gasteiger partial charge on any atom is 0.449 e. The molecular formula is C36H34F3NO4S. The van der Waals surface area contributed by atoms with E-state index in [-0.39, 0.29) is 28.5 Å². The Labute approximate surface area is 261 Å². The summed E-state index contributed by atoms with van der Waals surface area (Å²) < 4.78 is 75.5. The van der Waals surface area contributed by atoms with Crippen LogP contribution in [-0.2, 0) is 39.5 Å². The lowest BCUT2D eigenvalue weighted by Gasteiger charge is -2.24. The van der Waals surface area contributed by atoms with Gasteiger partial charge in [0.15, 0.2) is 0 Å². The molecular weight excluding hydrogens is 599 g/mol. The number of sulfonamides is 1. The number of hydrogen-bond acceptors (Lipinski definition) is 4. The summed E-state index contributed by atoms with van der Waals surface area (Å²) in [6.07, 6.45) is -4.70. The number of rotatable bonds is 9. The van der Waals surface area contributed by atoms with E-state index in [1.807, 2.05) is 68.4 Å². The van der Waals surface area contributed by atoms with Crippen LogP contribution < -0.4 is 0 Å². The summed E-state index contributed by atoms with van der Waals surface area (Å²) in [4.78, 5) is 12.3. The fourth-order valence-electron chi connectivity index (χ4n) is 5.32. The van der Waals surface area contributed by atoms with Crippen LogP contribution in [0.25, 0.3) is 21.9 Å². The largest absolute Gasteiger partial charge is 0.455 e. The number of Topliss-reactive ketones (excluding diaryl/α,β-unsaturated/α-hetero) is 1. The maximum atomic E-state index is 14.4. The van der Waals surface area contributed by atoms with Gasteiger partial charge >= 0.3 is 6.18 Å². The first-order valence-corrected chi connectivity index (χ1v) is 15.9. The van der Waals surface area contributed by atoms with Crippen molar-refractivity contribution in [2.75, 3.05) is 0 Å². The number of fused-ring (bicyclic) bond motifs is 1. The first kappa shape index (κ1) is 32.2. The van der Waals surface area contributed by atoms with Gasteiger partial charge < -0.3 is 4.42 Å². The lowest BCUT2D eigenvalue weighted by Crippen LogP contribution is -2.31. The van der Waals surface area contributed by atoms with Gasteiger partial charge in [0.05, 0.1) is 11.4 Å². The molecule has 1 heterocycles. The standard InChI is InChI=1S/C36H34F3NO4S/c1-23-13-16-28-9-6-7-12-31(28)34(23)45(42,43)40(22-32-24(2)19-33(44-32)36(37,38)39)21-26-14-17-27(18-15-26)29-10-8-11-30(20-29)35(4,5)25(3)41/h6-20H,21-22H2,1-5H3. The van der Waals surface area contributed by atoms with Crippen molar-refractivity contribution in [1.82, 2.24) is 4.31 Å². The van der Waals surface area contributed by atoms with Crippen molar-refractivity contribution in [2.24, 2.45) is 0 Å². The fraction of sp³-hybridized carbons (Fsp3) is 0.250. The number of furan rings is 1. The Morgan fingerprint density at radius 3 is 2.13 bits per heavy atom. The van der Waals surface area contributed by atoms with Crippen LogP contribution in [0.5, 0.6) is 0 Å². The molecule has 5 rings (SSSR count). The first-order chi connectivity index (χ1) is 21.1. The average molecular weight is 634 g/mol. The second kappa shape index (κ2) is 11.9. The summed E-state index contributed by atoms with van der Waals surface area (Å²) in [5.74, 6) is -1.20. The van der Waals surface area contributed by atoms with E-state index in [4.69, 9.17) is 4.42 Å². The Morgan fingerprint density at radius 1 is 0.800 bits per heavy atom. The van der Waals surface area contributed by atoms with Crippen LogP contribution in [0.15, 0.2) is 100 Å². The maximum absolute atomic E-state index is 14.4. The Kier molecular flexibility index (Phi) is 8.55. The van der Waals surface area contributed by atoms with Gasteiger partial charge in [-0.25, -0.2) is 8.42 Å². The van der Waals surface area contributed by atoms with Crippen molar-refractivity contribution in [3.8, 4) is 11.1 Å². The van der Waals surface area contributed by atoms with Crippen LogP contribution >= 0.6 is 0 Å². The van der Waals surface area contributed by atoms with Crippen LogP contribution in [-0.4, -0.2) is 18.5 Å². The molecule has 4 aromatic carbocycles. The molecule has 0 aliphatic rings. The molecule has 0 fully saturated rings. The molecule has 0 unspecified atom stereocenters. The molecule has 0 aliphatic carbocycles. The Balaban J connectivity index is 1.54. The molecule has 5 nitrogen and oxygen atoms in total. The number of aryl methyl sites for hydroxylation is 2. The summed E-state index contributed by atoms with van der Waals surface area (Å²) >= 11 is 0. The third kappa shape index (κ3) is 6.46. The molecule has 0 saturated carbocycles. The number of alkyl halides is 3. The molecule has 0 saturated heterocycles. The van der Waals surface area contributed by atoms with E-state index in [1.54, 1.807) is 44.2 Å². The molecule has 0 spiro atoms. The lowest BCUT2D eigenvalue weighted by atomic mass is 9.80. The van der Waals surface area contributed by atoms with E-state index in [9.17, 15) is 26.4 Å². The number of benzene rings is 4. The SMILES string of the molecule is CC(=O)C(C)(C)c1cccc(-c2ccc(CN(Cc3oc(C(F)(F)F)cc3C)S(=O)(=O)c3c(C)ccc4ccccc34)cc2)c1. The molecule has 0 atom stereocenters. The molecule has 0 radical (unpaired) electrons. The Bertz CT molecular complexity index is 1990. The smallest absolute Gasteiger partial charge is 0.449 e. The second-order valence-corrected chi connectivity index (χ2v) is 13.8. The highest BCUT2D eigenvalue weighted by Gasteiger charge is 2.37. The van der Waals surface area contributed by atoms with Crippen molar-refractivity contribution >= 4 is 26.6 Å². The van der Waals surface area contributed by atoms with Gasteiger partial charge in [0.2, 0.25) is 15.8 Å². The molecule has 0 aliphatic heterocycles. The Morgan fingerprint density at radius 2 is 1.49 bits per heavy atom. The fourth-order valence-corrected chi connectivity index (χ4v) is 7.13. The van der Waals surface area contributed by atoms with Crippen molar-refractivity contribution in [3.05, 3.63) is 125 Å². The number of hydrogen-bond donors (Lipinski definition) is 0. The van der Waals surface area contributed by atoms with Crippen molar-refractivity contribution in [1.29, 1.82) is 0 Å². The van der Waals surface area contributed by atoms with Gasteiger partial charge in [-0.05, 0) is 79.5 Å². The summed E-state index contributed by atoms with van der Waals surface area (Å²) in [6, 6.07) is 26.6. The zero-order chi connectivity index (χ0) is 32.7. The monoisotopic (exact) mass is 633 g/mol. The minimum absolute atomic E-state index is 0.0480. The van der Waals surface area contributed by atoms with Crippen LogP contribution in [0, 0.1) is 13.8 Å². The molecule has 0 bridgehead atoms. The van der Waals surface area contributed by atoms with Crippen LogP contribution in [0.2, 0.25) is 0 Å². The van der Waals surface area contributed by atoms with E-state index >= 15 is 0 Å². The minimum Gasteiger partial charge on any atom is -0.455 e. The molecule has 1 aromatic heterocycles. The van der Waals surface area contributed by atoms with Crippen molar-refractivity contribution < 1.29 is 30.8 Å². The summed E-state index contributed by atoms with van der Waals surface area (Å²) in [7, 11) is -4.23. The summed E-state index contributed by atoms with van der Waals surface area (Å²) in [5, 5.41) is 1.26.